The number of amides is 1. The van der Waals surface area contributed by atoms with Crippen LogP contribution in [0.5, 0.6) is 0 Å². The Hall–Kier alpha value is -2.17. The lowest BCUT2D eigenvalue weighted by atomic mass is 9.92. The molecule has 0 saturated heterocycles. The maximum atomic E-state index is 13.2. The summed E-state index contributed by atoms with van der Waals surface area (Å²) in [4.78, 5) is 12.3. The van der Waals surface area contributed by atoms with Crippen molar-refractivity contribution in [3.63, 3.8) is 0 Å². The smallest absolute Gasteiger partial charge is 0.225 e. The van der Waals surface area contributed by atoms with Gasteiger partial charge in [-0.05, 0) is 30.7 Å². The van der Waals surface area contributed by atoms with E-state index in [1.807, 2.05) is 6.07 Å². The predicted octanol–water partition coefficient (Wildman–Crippen LogP) is 5.22. The van der Waals surface area contributed by atoms with Crippen LogP contribution in [0.25, 0.3) is 5.69 Å². The van der Waals surface area contributed by atoms with Crippen molar-refractivity contribution < 1.29 is 9.18 Å². The molecule has 136 valence electrons. The molecule has 0 radical (unpaired) electrons. The molecule has 25 heavy (non-hydrogen) atoms. The van der Waals surface area contributed by atoms with Crippen LogP contribution in [-0.2, 0) is 10.2 Å². The van der Waals surface area contributed by atoms with Crippen LogP contribution < -0.4 is 5.32 Å². The number of anilines is 1. The highest BCUT2D eigenvalue weighted by Gasteiger charge is 2.21. The Morgan fingerprint density at radius 2 is 1.84 bits per heavy atom. The van der Waals surface area contributed by atoms with E-state index < -0.39 is 0 Å². The lowest BCUT2D eigenvalue weighted by Crippen LogP contribution is -2.14. The molecule has 1 aromatic carbocycles. The Morgan fingerprint density at radius 1 is 1.16 bits per heavy atom. The second-order valence-corrected chi connectivity index (χ2v) is 7.41. The lowest BCUT2D eigenvalue weighted by Gasteiger charge is -2.14. The molecule has 4 nitrogen and oxygen atoms in total. The van der Waals surface area contributed by atoms with Gasteiger partial charge in [0.05, 0.1) is 11.4 Å². The van der Waals surface area contributed by atoms with Crippen molar-refractivity contribution in [2.24, 2.45) is 0 Å². The van der Waals surface area contributed by atoms with Crippen LogP contribution in [0.4, 0.5) is 10.2 Å². The van der Waals surface area contributed by atoms with Gasteiger partial charge in [0.15, 0.2) is 0 Å². The number of hydrogen-bond acceptors (Lipinski definition) is 2. The summed E-state index contributed by atoms with van der Waals surface area (Å²) in [5, 5.41) is 7.58. The first-order chi connectivity index (χ1) is 11.8. The molecule has 0 fully saturated rings. The van der Waals surface area contributed by atoms with Crippen molar-refractivity contribution >= 4 is 11.7 Å². The molecule has 0 atom stereocenters. The van der Waals surface area contributed by atoms with Gasteiger partial charge in [0.1, 0.15) is 11.6 Å². The van der Waals surface area contributed by atoms with E-state index >= 15 is 0 Å². The molecular weight excluding hydrogens is 317 g/mol. The third kappa shape index (κ3) is 5.41. The van der Waals surface area contributed by atoms with Crippen molar-refractivity contribution in [2.45, 2.75) is 65.2 Å². The van der Waals surface area contributed by atoms with Gasteiger partial charge in [0, 0.05) is 17.9 Å². The number of nitrogens with zero attached hydrogens (tertiary/aromatic N) is 2. The molecule has 1 N–H and O–H groups in total. The van der Waals surface area contributed by atoms with E-state index in [0.29, 0.717) is 12.2 Å². The fraction of sp³-hybridized carbons (Fsp3) is 0.500. The number of nitrogens with one attached hydrogen (secondary N) is 1. The Morgan fingerprint density at radius 3 is 2.44 bits per heavy atom. The summed E-state index contributed by atoms with van der Waals surface area (Å²) in [6.07, 6.45) is 4.74. The van der Waals surface area contributed by atoms with Crippen molar-refractivity contribution in [1.82, 2.24) is 9.78 Å². The van der Waals surface area contributed by atoms with E-state index in [-0.39, 0.29) is 17.1 Å². The number of halogens is 1. The summed E-state index contributed by atoms with van der Waals surface area (Å²) in [6.45, 7) is 8.36. The molecular formula is C20H28FN3O. The van der Waals surface area contributed by atoms with Crippen LogP contribution in [0.15, 0.2) is 30.3 Å². The molecule has 1 heterocycles. The molecule has 5 heteroatoms. The third-order valence-electron chi connectivity index (χ3n) is 4.07. The number of aromatic nitrogens is 2. The molecule has 2 rings (SSSR count). The van der Waals surface area contributed by atoms with Crippen molar-refractivity contribution in [2.75, 3.05) is 5.32 Å². The van der Waals surface area contributed by atoms with E-state index in [0.717, 1.165) is 37.1 Å². The second kappa shape index (κ2) is 8.28. The molecule has 2 aromatic rings. The third-order valence-corrected chi connectivity index (χ3v) is 4.07. The van der Waals surface area contributed by atoms with Gasteiger partial charge < -0.3 is 5.32 Å². The number of rotatable bonds is 7. The highest BCUT2D eigenvalue weighted by atomic mass is 19.1. The van der Waals surface area contributed by atoms with Crippen molar-refractivity contribution in [3.8, 4) is 5.69 Å². The minimum absolute atomic E-state index is 0.0141. The van der Waals surface area contributed by atoms with Crippen LogP contribution >= 0.6 is 0 Å². The fourth-order valence-electron chi connectivity index (χ4n) is 2.53. The van der Waals surface area contributed by atoms with E-state index in [2.05, 4.69) is 38.1 Å². The van der Waals surface area contributed by atoms with Gasteiger partial charge >= 0.3 is 0 Å². The standard InChI is InChI=1S/C20H28FN3O/c1-5-6-7-8-9-19(25)22-18-14-17(20(2,3)4)23-24(18)16-12-10-15(21)11-13-16/h10-14H,5-9H2,1-4H3,(H,22,25). The number of benzene rings is 1. The van der Waals surface area contributed by atoms with E-state index in [1.54, 1.807) is 16.8 Å². The Kier molecular flexibility index (Phi) is 6.34. The van der Waals surface area contributed by atoms with Gasteiger partial charge in [-0.3, -0.25) is 4.79 Å². The van der Waals surface area contributed by atoms with Gasteiger partial charge in [-0.2, -0.15) is 5.10 Å². The summed E-state index contributed by atoms with van der Waals surface area (Å²) < 4.78 is 14.9. The van der Waals surface area contributed by atoms with Crippen LogP contribution in [0, 0.1) is 5.82 Å². The average molecular weight is 345 g/mol. The topological polar surface area (TPSA) is 46.9 Å². The molecule has 0 unspecified atom stereocenters. The first-order valence-corrected chi connectivity index (χ1v) is 8.97. The molecule has 1 aromatic heterocycles. The molecule has 0 aliphatic heterocycles. The summed E-state index contributed by atoms with van der Waals surface area (Å²) in [7, 11) is 0. The minimum Gasteiger partial charge on any atom is -0.311 e. The van der Waals surface area contributed by atoms with Crippen LogP contribution in [0.2, 0.25) is 0 Å². The van der Waals surface area contributed by atoms with Gasteiger partial charge in [0.25, 0.3) is 0 Å². The summed E-state index contributed by atoms with van der Waals surface area (Å²) >= 11 is 0. The van der Waals surface area contributed by atoms with Gasteiger partial charge in [-0.15, -0.1) is 0 Å². The fourth-order valence-corrected chi connectivity index (χ4v) is 2.53. The summed E-state index contributed by atoms with van der Waals surface area (Å²) in [5.74, 6) is 0.310. The highest BCUT2D eigenvalue weighted by Crippen LogP contribution is 2.26. The molecule has 1 amide bonds. The van der Waals surface area contributed by atoms with Crippen LogP contribution in [0.1, 0.15) is 65.5 Å². The number of carbonyl (C=O) groups is 1. The quantitative estimate of drug-likeness (QED) is 0.700. The first kappa shape index (κ1) is 19.2. The monoisotopic (exact) mass is 345 g/mol. The summed E-state index contributed by atoms with van der Waals surface area (Å²) in [5.41, 5.74) is 1.45. The average Bonchev–Trinajstić information content (AvgIpc) is 2.96. The minimum atomic E-state index is -0.298. The molecule has 0 aliphatic rings. The number of hydrogen-bond donors (Lipinski definition) is 1. The van der Waals surface area contributed by atoms with Gasteiger partial charge in [-0.1, -0.05) is 47.0 Å². The van der Waals surface area contributed by atoms with Gasteiger partial charge in [0.2, 0.25) is 5.91 Å². The normalized spacial score (nSPS) is 11.6. The lowest BCUT2D eigenvalue weighted by molar-refractivity contribution is -0.116. The predicted molar refractivity (Wildman–Crippen MR) is 99.6 cm³/mol. The van der Waals surface area contributed by atoms with Crippen LogP contribution in [-0.4, -0.2) is 15.7 Å². The van der Waals surface area contributed by atoms with Crippen molar-refractivity contribution in [1.29, 1.82) is 0 Å². The van der Waals surface area contributed by atoms with Crippen LogP contribution in [0.3, 0.4) is 0 Å². The van der Waals surface area contributed by atoms with E-state index in [4.69, 9.17) is 0 Å². The summed E-state index contributed by atoms with van der Waals surface area (Å²) in [6, 6.07) is 8.00. The number of carbonyl (C=O) groups excluding carboxylic acids is 1. The van der Waals surface area contributed by atoms with E-state index in [9.17, 15) is 9.18 Å². The Labute approximate surface area is 149 Å². The van der Waals surface area contributed by atoms with E-state index in [1.165, 1.54) is 12.1 Å². The highest BCUT2D eigenvalue weighted by molar-refractivity contribution is 5.90. The zero-order valence-corrected chi connectivity index (χ0v) is 15.6. The molecule has 0 saturated carbocycles. The zero-order valence-electron chi connectivity index (χ0n) is 15.6. The van der Waals surface area contributed by atoms with Gasteiger partial charge in [-0.25, -0.2) is 9.07 Å². The molecule has 0 aliphatic carbocycles. The zero-order chi connectivity index (χ0) is 18.4. The Bertz CT molecular complexity index is 699. The SMILES string of the molecule is CCCCCCC(=O)Nc1cc(C(C)(C)C)nn1-c1ccc(F)cc1. The molecule has 0 bridgehead atoms. The van der Waals surface area contributed by atoms with Crippen molar-refractivity contribution in [3.05, 3.63) is 41.8 Å². The second-order valence-electron chi connectivity index (χ2n) is 7.41. The first-order valence-electron chi connectivity index (χ1n) is 8.97. The molecule has 0 spiro atoms. The Balaban J connectivity index is 2.21. The maximum absolute atomic E-state index is 13.2. The maximum Gasteiger partial charge on any atom is 0.225 e. The largest absolute Gasteiger partial charge is 0.311 e. The number of unbranched alkanes of at least 4 members (excludes halogenated alkanes) is 3.